The first-order valence-corrected chi connectivity index (χ1v) is 7.31. The molecule has 106 valence electrons. The van der Waals surface area contributed by atoms with Gasteiger partial charge in [0.2, 0.25) is 0 Å². The number of halogens is 2. The van der Waals surface area contributed by atoms with Crippen molar-refractivity contribution in [1.29, 1.82) is 0 Å². The van der Waals surface area contributed by atoms with Crippen LogP contribution in [0, 0.1) is 0 Å². The molecule has 0 spiro atoms. The number of benzene rings is 1. The Morgan fingerprint density at radius 2 is 2.05 bits per heavy atom. The summed E-state index contributed by atoms with van der Waals surface area (Å²) >= 11 is 1.45. The molecule has 2 aromatic rings. The summed E-state index contributed by atoms with van der Waals surface area (Å²) in [6.45, 7) is 2.18. The first kappa shape index (κ1) is 13.4. The van der Waals surface area contributed by atoms with Gasteiger partial charge in [0, 0.05) is 31.5 Å². The van der Waals surface area contributed by atoms with E-state index in [2.05, 4.69) is 4.98 Å². The number of carbonyl (C=O) groups excluding carboxylic acids is 1. The van der Waals surface area contributed by atoms with Gasteiger partial charge >= 0.3 is 0 Å². The number of anilines is 1. The lowest BCUT2D eigenvalue weighted by molar-refractivity contribution is -0.0220. The van der Waals surface area contributed by atoms with E-state index in [0.717, 1.165) is 15.3 Å². The number of piperidine rings is 1. The minimum absolute atomic E-state index is 0.0134. The summed E-state index contributed by atoms with van der Waals surface area (Å²) in [5.41, 5.74) is 1.46. The molecule has 0 unspecified atom stereocenters. The molecule has 2 heterocycles. The van der Waals surface area contributed by atoms with Crippen molar-refractivity contribution in [3.8, 4) is 0 Å². The SMILES string of the molecule is CC(=O)c1ccc2nc(N3CCC(F)(F)CC3)sc2c1. The van der Waals surface area contributed by atoms with Crippen LogP contribution in [0.15, 0.2) is 18.2 Å². The predicted octanol–water partition coefficient (Wildman–Crippen LogP) is 3.73. The zero-order chi connectivity index (χ0) is 14.3. The summed E-state index contributed by atoms with van der Waals surface area (Å²) in [6, 6.07) is 5.38. The Kier molecular flexibility index (Phi) is 3.20. The number of alkyl halides is 2. The maximum Gasteiger partial charge on any atom is 0.251 e. The van der Waals surface area contributed by atoms with E-state index in [0.29, 0.717) is 18.7 Å². The third-order valence-corrected chi connectivity index (χ3v) is 4.63. The minimum atomic E-state index is -2.55. The van der Waals surface area contributed by atoms with Gasteiger partial charge in [0.15, 0.2) is 10.9 Å². The number of Topliss-reactive ketones (excluding diaryl/α,β-unsaturated/α-hetero) is 1. The number of fused-ring (bicyclic) bond motifs is 1. The van der Waals surface area contributed by atoms with Crippen molar-refractivity contribution < 1.29 is 13.6 Å². The highest BCUT2D eigenvalue weighted by Crippen LogP contribution is 2.34. The number of carbonyl (C=O) groups is 1. The summed E-state index contributed by atoms with van der Waals surface area (Å²) < 4.78 is 27.2. The molecule has 1 saturated heterocycles. The maximum absolute atomic E-state index is 13.2. The highest BCUT2D eigenvalue weighted by Gasteiger charge is 2.34. The number of hydrogen-bond acceptors (Lipinski definition) is 4. The summed E-state index contributed by atoms with van der Waals surface area (Å²) in [6.07, 6.45) is -0.247. The Hall–Kier alpha value is -1.56. The fraction of sp³-hybridized carbons (Fsp3) is 0.429. The van der Waals surface area contributed by atoms with Crippen molar-refractivity contribution in [2.45, 2.75) is 25.7 Å². The van der Waals surface area contributed by atoms with Crippen LogP contribution in [0.2, 0.25) is 0 Å². The largest absolute Gasteiger partial charge is 0.348 e. The summed E-state index contributed by atoms with van der Waals surface area (Å²) in [5, 5.41) is 0.760. The lowest BCUT2D eigenvalue weighted by atomic mass is 10.1. The van der Waals surface area contributed by atoms with E-state index < -0.39 is 5.92 Å². The number of aromatic nitrogens is 1. The molecule has 0 atom stereocenters. The molecule has 1 fully saturated rings. The van der Waals surface area contributed by atoms with E-state index in [9.17, 15) is 13.6 Å². The third-order valence-electron chi connectivity index (χ3n) is 3.55. The Balaban J connectivity index is 1.88. The van der Waals surface area contributed by atoms with Crippen molar-refractivity contribution in [3.63, 3.8) is 0 Å². The monoisotopic (exact) mass is 296 g/mol. The molecule has 20 heavy (non-hydrogen) atoms. The molecule has 3 rings (SSSR count). The fourth-order valence-electron chi connectivity index (χ4n) is 2.29. The number of hydrogen-bond donors (Lipinski definition) is 0. The smallest absolute Gasteiger partial charge is 0.251 e. The predicted molar refractivity (Wildman–Crippen MR) is 76.0 cm³/mol. The van der Waals surface area contributed by atoms with Gasteiger partial charge in [0.05, 0.1) is 10.2 Å². The quantitative estimate of drug-likeness (QED) is 0.792. The Bertz CT molecular complexity index is 658. The summed E-state index contributed by atoms with van der Waals surface area (Å²) in [5.74, 6) is -2.53. The molecular formula is C14H14F2N2OS. The van der Waals surface area contributed by atoms with Crippen LogP contribution >= 0.6 is 11.3 Å². The molecule has 0 N–H and O–H groups in total. The van der Waals surface area contributed by atoms with Crippen LogP contribution in [0.3, 0.4) is 0 Å². The molecule has 1 aromatic carbocycles. The van der Waals surface area contributed by atoms with E-state index in [-0.39, 0.29) is 18.6 Å². The van der Waals surface area contributed by atoms with E-state index in [1.165, 1.54) is 18.3 Å². The van der Waals surface area contributed by atoms with Crippen LogP contribution in [-0.4, -0.2) is 29.8 Å². The van der Waals surface area contributed by atoms with Gasteiger partial charge in [-0.3, -0.25) is 4.79 Å². The van der Waals surface area contributed by atoms with E-state index in [4.69, 9.17) is 0 Å². The van der Waals surface area contributed by atoms with Crippen LogP contribution in [0.5, 0.6) is 0 Å². The molecule has 0 bridgehead atoms. The lowest BCUT2D eigenvalue weighted by Crippen LogP contribution is -2.39. The number of nitrogens with zero attached hydrogens (tertiary/aromatic N) is 2. The zero-order valence-corrected chi connectivity index (χ0v) is 11.8. The van der Waals surface area contributed by atoms with Crippen LogP contribution in [-0.2, 0) is 0 Å². The molecule has 0 aliphatic carbocycles. The minimum Gasteiger partial charge on any atom is -0.348 e. The third kappa shape index (κ3) is 2.52. The average Bonchev–Trinajstić information content (AvgIpc) is 2.81. The summed E-state index contributed by atoms with van der Waals surface area (Å²) in [7, 11) is 0. The van der Waals surface area contributed by atoms with Gasteiger partial charge in [-0.25, -0.2) is 13.8 Å². The van der Waals surface area contributed by atoms with Crippen LogP contribution in [0.4, 0.5) is 13.9 Å². The number of thiazole rings is 1. The standard InChI is InChI=1S/C14H14F2N2OS/c1-9(19)10-2-3-11-12(8-10)20-13(17-11)18-6-4-14(15,16)5-7-18/h2-3,8H,4-7H2,1H3. The van der Waals surface area contributed by atoms with Gasteiger partial charge in [-0.2, -0.15) is 0 Å². The number of rotatable bonds is 2. The number of ketones is 1. The molecule has 6 heteroatoms. The van der Waals surface area contributed by atoms with Crippen LogP contribution in [0.1, 0.15) is 30.1 Å². The van der Waals surface area contributed by atoms with E-state index in [1.807, 2.05) is 17.0 Å². The first-order valence-electron chi connectivity index (χ1n) is 6.49. The molecule has 0 saturated carbocycles. The molecule has 1 aliphatic heterocycles. The van der Waals surface area contributed by atoms with Crippen molar-refractivity contribution in [2.75, 3.05) is 18.0 Å². The van der Waals surface area contributed by atoms with Crippen molar-refractivity contribution >= 4 is 32.5 Å². The van der Waals surface area contributed by atoms with Gasteiger partial charge in [-0.05, 0) is 25.1 Å². The van der Waals surface area contributed by atoms with Gasteiger partial charge < -0.3 is 4.90 Å². The molecule has 1 aromatic heterocycles. The van der Waals surface area contributed by atoms with Gasteiger partial charge in [0.1, 0.15) is 0 Å². The molecule has 0 amide bonds. The Labute approximate surface area is 119 Å². The molecule has 0 radical (unpaired) electrons. The normalized spacial score (nSPS) is 18.4. The highest BCUT2D eigenvalue weighted by atomic mass is 32.1. The van der Waals surface area contributed by atoms with Gasteiger partial charge in [-0.1, -0.05) is 11.3 Å². The molecule has 3 nitrogen and oxygen atoms in total. The van der Waals surface area contributed by atoms with E-state index >= 15 is 0 Å². The zero-order valence-electron chi connectivity index (χ0n) is 11.0. The Morgan fingerprint density at radius 3 is 2.70 bits per heavy atom. The topological polar surface area (TPSA) is 33.2 Å². The fourth-order valence-corrected chi connectivity index (χ4v) is 3.35. The van der Waals surface area contributed by atoms with Crippen LogP contribution < -0.4 is 4.90 Å². The molecular weight excluding hydrogens is 282 g/mol. The van der Waals surface area contributed by atoms with Crippen molar-refractivity contribution in [2.24, 2.45) is 0 Å². The second-order valence-corrected chi connectivity index (χ2v) is 6.09. The first-order chi connectivity index (χ1) is 9.44. The molecule has 1 aliphatic rings. The highest BCUT2D eigenvalue weighted by molar-refractivity contribution is 7.22. The second kappa shape index (κ2) is 4.77. The van der Waals surface area contributed by atoms with Gasteiger partial charge in [-0.15, -0.1) is 0 Å². The Morgan fingerprint density at radius 1 is 1.35 bits per heavy atom. The van der Waals surface area contributed by atoms with Crippen LogP contribution in [0.25, 0.3) is 10.2 Å². The van der Waals surface area contributed by atoms with Crippen molar-refractivity contribution in [1.82, 2.24) is 4.98 Å². The van der Waals surface area contributed by atoms with E-state index in [1.54, 1.807) is 6.07 Å². The average molecular weight is 296 g/mol. The lowest BCUT2D eigenvalue weighted by Gasteiger charge is -2.31. The summed E-state index contributed by atoms with van der Waals surface area (Å²) in [4.78, 5) is 17.7. The van der Waals surface area contributed by atoms with Crippen molar-refractivity contribution in [3.05, 3.63) is 23.8 Å². The second-order valence-electron chi connectivity index (χ2n) is 5.08. The van der Waals surface area contributed by atoms with Gasteiger partial charge in [0.25, 0.3) is 5.92 Å². The maximum atomic E-state index is 13.2.